The summed E-state index contributed by atoms with van der Waals surface area (Å²) in [6, 6.07) is 16.0. The number of carbonyl (C=O) groups is 1. The molecule has 0 fully saturated rings. The van der Waals surface area contributed by atoms with Crippen molar-refractivity contribution in [2.24, 2.45) is 0 Å². The Morgan fingerprint density at radius 2 is 1.78 bits per heavy atom. The van der Waals surface area contributed by atoms with E-state index in [0.717, 1.165) is 0 Å². The number of fused-ring (bicyclic) bond motifs is 1. The van der Waals surface area contributed by atoms with Crippen molar-refractivity contribution in [3.63, 3.8) is 0 Å². The summed E-state index contributed by atoms with van der Waals surface area (Å²) in [5, 5.41) is 5.66. The fraction of sp³-hybridized carbons (Fsp3) is 0.0870. The highest BCUT2D eigenvalue weighted by atomic mass is 32.1. The summed E-state index contributed by atoms with van der Waals surface area (Å²) in [5.74, 6) is 0.481. The van der Waals surface area contributed by atoms with Crippen molar-refractivity contribution >= 4 is 40.0 Å². The zero-order valence-corrected chi connectivity index (χ0v) is 18.0. The fourth-order valence-corrected chi connectivity index (χ4v) is 3.24. The number of halogens is 1. The van der Waals surface area contributed by atoms with Gasteiger partial charge in [-0.2, -0.15) is 0 Å². The van der Waals surface area contributed by atoms with Gasteiger partial charge in [0, 0.05) is 22.9 Å². The third-order valence-electron chi connectivity index (χ3n) is 4.56. The van der Waals surface area contributed by atoms with Gasteiger partial charge in [-0.3, -0.25) is 10.1 Å². The Kier molecular flexibility index (Phi) is 6.00. The molecule has 2 N–H and O–H groups in total. The Morgan fingerprint density at radius 1 is 1.03 bits per heavy atom. The number of hydrogen-bond acceptors (Lipinski definition) is 6. The van der Waals surface area contributed by atoms with Gasteiger partial charge in [-0.1, -0.05) is 6.07 Å². The number of amides is 1. The molecule has 0 saturated carbocycles. The number of nitrogens with one attached hydrogen (secondary N) is 2. The molecule has 7 nitrogen and oxygen atoms in total. The van der Waals surface area contributed by atoms with Gasteiger partial charge in [0.2, 0.25) is 5.89 Å². The molecule has 0 bridgehead atoms. The lowest BCUT2D eigenvalue weighted by Crippen LogP contribution is -2.34. The number of thiocarbonyl (C=S) groups is 1. The van der Waals surface area contributed by atoms with Crippen LogP contribution in [0.5, 0.6) is 11.5 Å². The number of ether oxygens (including phenoxy) is 2. The van der Waals surface area contributed by atoms with Crippen LogP contribution in [0.25, 0.3) is 22.6 Å². The second-order valence-corrected chi connectivity index (χ2v) is 7.13. The Morgan fingerprint density at radius 3 is 2.47 bits per heavy atom. The van der Waals surface area contributed by atoms with Gasteiger partial charge in [0.05, 0.1) is 14.2 Å². The quantitative estimate of drug-likeness (QED) is 0.423. The number of methoxy groups -OCH3 is 2. The number of anilines is 1. The maximum absolute atomic E-state index is 13.5. The van der Waals surface area contributed by atoms with Crippen molar-refractivity contribution in [3.05, 3.63) is 72.0 Å². The minimum Gasteiger partial charge on any atom is -0.497 e. The van der Waals surface area contributed by atoms with Crippen LogP contribution in [0.4, 0.5) is 10.1 Å². The lowest BCUT2D eigenvalue weighted by molar-refractivity contribution is 0.0977. The summed E-state index contributed by atoms with van der Waals surface area (Å²) in [5.41, 5.74) is 2.56. The van der Waals surface area contributed by atoms with Crippen LogP contribution in [0.3, 0.4) is 0 Å². The van der Waals surface area contributed by atoms with E-state index in [-0.39, 0.29) is 10.9 Å². The monoisotopic (exact) mass is 451 g/mol. The molecule has 3 aromatic carbocycles. The molecule has 0 aliphatic heterocycles. The van der Waals surface area contributed by atoms with Crippen molar-refractivity contribution in [1.82, 2.24) is 10.3 Å². The molecule has 32 heavy (non-hydrogen) atoms. The van der Waals surface area contributed by atoms with E-state index in [9.17, 15) is 9.18 Å². The summed E-state index contributed by atoms with van der Waals surface area (Å²) in [6.07, 6.45) is 0. The van der Waals surface area contributed by atoms with Crippen LogP contribution >= 0.6 is 12.2 Å². The third-order valence-corrected chi connectivity index (χ3v) is 4.76. The molecule has 0 unspecified atom stereocenters. The van der Waals surface area contributed by atoms with Gasteiger partial charge in [-0.15, -0.1) is 0 Å². The smallest absolute Gasteiger partial charge is 0.257 e. The van der Waals surface area contributed by atoms with Crippen molar-refractivity contribution < 1.29 is 23.1 Å². The van der Waals surface area contributed by atoms with Gasteiger partial charge in [-0.05, 0) is 60.7 Å². The van der Waals surface area contributed by atoms with Gasteiger partial charge in [0.15, 0.2) is 10.7 Å². The predicted octanol–water partition coefficient (Wildman–Crippen LogP) is 4.78. The van der Waals surface area contributed by atoms with Crippen molar-refractivity contribution in [2.75, 3.05) is 19.5 Å². The maximum Gasteiger partial charge on any atom is 0.257 e. The van der Waals surface area contributed by atoms with E-state index >= 15 is 0 Å². The summed E-state index contributed by atoms with van der Waals surface area (Å²) in [6.45, 7) is 0. The van der Waals surface area contributed by atoms with Gasteiger partial charge < -0.3 is 19.2 Å². The highest BCUT2D eigenvalue weighted by Gasteiger charge is 2.13. The highest BCUT2D eigenvalue weighted by Crippen LogP contribution is 2.27. The lowest BCUT2D eigenvalue weighted by Gasteiger charge is -2.11. The first-order chi connectivity index (χ1) is 15.4. The van der Waals surface area contributed by atoms with Crippen LogP contribution in [-0.2, 0) is 0 Å². The first-order valence-corrected chi connectivity index (χ1v) is 9.88. The molecule has 0 atom stereocenters. The van der Waals surface area contributed by atoms with Gasteiger partial charge >= 0.3 is 0 Å². The third kappa shape index (κ3) is 4.68. The average molecular weight is 451 g/mol. The summed E-state index contributed by atoms with van der Waals surface area (Å²) in [7, 11) is 3.00. The van der Waals surface area contributed by atoms with Crippen LogP contribution in [0, 0.1) is 5.82 Å². The van der Waals surface area contributed by atoms with Crippen LogP contribution in [-0.4, -0.2) is 30.2 Å². The molecule has 4 aromatic rings. The highest BCUT2D eigenvalue weighted by molar-refractivity contribution is 7.80. The van der Waals surface area contributed by atoms with Gasteiger partial charge in [-0.25, -0.2) is 9.37 Å². The Bertz CT molecular complexity index is 1300. The van der Waals surface area contributed by atoms with E-state index in [1.54, 1.807) is 48.5 Å². The Balaban J connectivity index is 1.48. The Labute approximate surface area is 188 Å². The second kappa shape index (κ2) is 9.03. The molecule has 1 heterocycles. The van der Waals surface area contributed by atoms with Crippen LogP contribution in [0.15, 0.2) is 65.1 Å². The normalized spacial score (nSPS) is 10.6. The minimum atomic E-state index is -0.421. The molecule has 1 aromatic heterocycles. The number of rotatable bonds is 5. The van der Waals surface area contributed by atoms with Crippen molar-refractivity contribution in [1.29, 1.82) is 0 Å². The first kappa shape index (κ1) is 21.3. The number of hydrogen-bond donors (Lipinski definition) is 2. The lowest BCUT2D eigenvalue weighted by atomic mass is 10.2. The molecular weight excluding hydrogens is 433 g/mol. The predicted molar refractivity (Wildman–Crippen MR) is 123 cm³/mol. The number of benzene rings is 3. The molecular formula is C23H18FN3O4S. The van der Waals surface area contributed by atoms with E-state index in [2.05, 4.69) is 15.6 Å². The van der Waals surface area contributed by atoms with E-state index in [1.807, 2.05) is 0 Å². The molecule has 1 amide bonds. The van der Waals surface area contributed by atoms with Gasteiger partial charge in [0.25, 0.3) is 5.91 Å². The number of oxazole rings is 1. The molecule has 0 aliphatic carbocycles. The molecule has 162 valence electrons. The molecule has 0 spiro atoms. The summed E-state index contributed by atoms with van der Waals surface area (Å²) in [4.78, 5) is 17.0. The van der Waals surface area contributed by atoms with E-state index in [4.69, 9.17) is 26.1 Å². The zero-order chi connectivity index (χ0) is 22.7. The molecule has 9 heteroatoms. The second-order valence-electron chi connectivity index (χ2n) is 6.72. The number of aromatic nitrogens is 1. The summed E-state index contributed by atoms with van der Waals surface area (Å²) < 4.78 is 29.6. The average Bonchev–Trinajstić information content (AvgIpc) is 3.22. The van der Waals surface area contributed by atoms with Crippen molar-refractivity contribution in [3.8, 4) is 23.0 Å². The standard InChI is InChI=1S/C23H18FN3O4S/c1-29-17-9-14(10-18(12-17)30-2)21(28)27-23(32)25-16-6-7-20-19(11-16)26-22(31-20)13-4-3-5-15(24)8-13/h3-12H,1-2H3,(H2,25,27,28,32). The maximum atomic E-state index is 13.5. The van der Waals surface area contributed by atoms with Crippen LogP contribution in [0.2, 0.25) is 0 Å². The molecule has 0 radical (unpaired) electrons. The van der Waals surface area contributed by atoms with Crippen molar-refractivity contribution in [2.45, 2.75) is 0 Å². The van der Waals surface area contributed by atoms with E-state index < -0.39 is 5.91 Å². The summed E-state index contributed by atoms with van der Waals surface area (Å²) >= 11 is 5.26. The largest absolute Gasteiger partial charge is 0.497 e. The van der Waals surface area contributed by atoms with E-state index in [0.29, 0.717) is 45.3 Å². The molecule has 0 saturated heterocycles. The Hall–Kier alpha value is -3.98. The molecule has 0 aliphatic rings. The number of carbonyl (C=O) groups excluding carboxylic acids is 1. The topological polar surface area (TPSA) is 85.6 Å². The number of nitrogens with zero attached hydrogens (tertiary/aromatic N) is 1. The van der Waals surface area contributed by atoms with Crippen LogP contribution in [0.1, 0.15) is 10.4 Å². The van der Waals surface area contributed by atoms with Gasteiger partial charge in [0.1, 0.15) is 22.8 Å². The molecule has 4 rings (SSSR count). The SMILES string of the molecule is COc1cc(OC)cc(C(=O)NC(=S)Nc2ccc3oc(-c4cccc(F)c4)nc3c2)c1. The zero-order valence-electron chi connectivity index (χ0n) is 17.1. The first-order valence-electron chi connectivity index (χ1n) is 9.47. The van der Waals surface area contributed by atoms with Crippen LogP contribution < -0.4 is 20.1 Å². The fourth-order valence-electron chi connectivity index (χ4n) is 3.03. The van der Waals surface area contributed by atoms with E-state index in [1.165, 1.54) is 26.4 Å². The minimum absolute atomic E-state index is 0.102.